The topological polar surface area (TPSA) is 16.1 Å². The van der Waals surface area contributed by atoms with Gasteiger partial charge in [0.25, 0.3) is 0 Å². The van der Waals surface area contributed by atoms with Crippen LogP contribution < -0.4 is 0 Å². The molecule has 2 heterocycles. The predicted molar refractivity (Wildman–Crippen MR) is 53.6 cm³/mol. The molecule has 13 heavy (non-hydrogen) atoms. The average Bonchev–Trinajstić information content (AvgIpc) is 2.16. The number of aromatic nitrogens is 1. The molecule has 1 aromatic heterocycles. The van der Waals surface area contributed by atoms with Crippen LogP contribution >= 0.6 is 0 Å². The third-order valence-corrected chi connectivity index (χ3v) is 2.81. The van der Waals surface area contributed by atoms with Gasteiger partial charge in [-0.1, -0.05) is 13.0 Å². The standard InChI is InChI=1S/C11H16N2/c1-3-9-7-13(2)8-11-10(9)5-4-6-12-11/h4-6,9H,3,7-8H2,1-2H3. The van der Waals surface area contributed by atoms with Crippen molar-refractivity contribution in [3.8, 4) is 0 Å². The first-order valence-corrected chi connectivity index (χ1v) is 4.93. The summed E-state index contributed by atoms with van der Waals surface area (Å²) in [5.74, 6) is 0.683. The lowest BCUT2D eigenvalue weighted by molar-refractivity contribution is 0.273. The molecule has 2 heteroatoms. The third kappa shape index (κ3) is 1.59. The number of pyridine rings is 1. The van der Waals surface area contributed by atoms with Crippen molar-refractivity contribution in [1.82, 2.24) is 9.88 Å². The van der Waals surface area contributed by atoms with Gasteiger partial charge in [-0.3, -0.25) is 9.88 Å². The van der Waals surface area contributed by atoms with Crippen LogP contribution in [0.1, 0.15) is 30.5 Å². The molecule has 2 nitrogen and oxygen atoms in total. The van der Waals surface area contributed by atoms with Crippen LogP contribution in [0.2, 0.25) is 0 Å². The first-order chi connectivity index (χ1) is 6.31. The molecule has 0 saturated carbocycles. The normalized spacial score (nSPS) is 22.8. The maximum absolute atomic E-state index is 4.43. The Bertz CT molecular complexity index is 296. The summed E-state index contributed by atoms with van der Waals surface area (Å²) in [7, 11) is 2.17. The van der Waals surface area contributed by atoms with Gasteiger partial charge in [0.1, 0.15) is 0 Å². The number of hydrogen-bond donors (Lipinski definition) is 0. The van der Waals surface area contributed by atoms with Gasteiger partial charge in [-0.15, -0.1) is 0 Å². The van der Waals surface area contributed by atoms with Gasteiger partial charge >= 0.3 is 0 Å². The fourth-order valence-electron chi connectivity index (χ4n) is 2.10. The smallest absolute Gasteiger partial charge is 0.0579 e. The van der Waals surface area contributed by atoms with E-state index < -0.39 is 0 Å². The lowest BCUT2D eigenvalue weighted by atomic mass is 9.91. The van der Waals surface area contributed by atoms with E-state index in [2.05, 4.69) is 29.9 Å². The molecule has 2 rings (SSSR count). The van der Waals surface area contributed by atoms with E-state index in [9.17, 15) is 0 Å². The summed E-state index contributed by atoms with van der Waals surface area (Å²) in [6.07, 6.45) is 3.10. The molecule has 1 atom stereocenters. The van der Waals surface area contributed by atoms with Crippen molar-refractivity contribution in [3.05, 3.63) is 29.6 Å². The zero-order chi connectivity index (χ0) is 9.26. The van der Waals surface area contributed by atoms with Crippen LogP contribution in [0.4, 0.5) is 0 Å². The van der Waals surface area contributed by atoms with Crippen LogP contribution in [0.3, 0.4) is 0 Å². The van der Waals surface area contributed by atoms with E-state index in [1.807, 2.05) is 12.3 Å². The first-order valence-electron chi connectivity index (χ1n) is 4.93. The van der Waals surface area contributed by atoms with Gasteiger partial charge in [-0.05, 0) is 31.0 Å². The Labute approximate surface area is 79.6 Å². The van der Waals surface area contributed by atoms with Gasteiger partial charge in [0, 0.05) is 19.3 Å². The molecule has 0 aliphatic carbocycles. The summed E-state index contributed by atoms with van der Waals surface area (Å²) in [6.45, 7) is 4.43. The van der Waals surface area contributed by atoms with Gasteiger partial charge in [0.2, 0.25) is 0 Å². The maximum Gasteiger partial charge on any atom is 0.0579 e. The summed E-state index contributed by atoms with van der Waals surface area (Å²) in [4.78, 5) is 6.78. The molecule has 1 aliphatic rings. The number of hydrogen-bond acceptors (Lipinski definition) is 2. The zero-order valence-corrected chi connectivity index (χ0v) is 8.33. The van der Waals surface area contributed by atoms with E-state index in [4.69, 9.17) is 0 Å². The summed E-state index contributed by atoms with van der Waals surface area (Å²) in [5.41, 5.74) is 2.73. The molecular formula is C11H16N2. The molecule has 1 unspecified atom stereocenters. The fraction of sp³-hybridized carbons (Fsp3) is 0.545. The summed E-state index contributed by atoms with van der Waals surface area (Å²) in [5, 5.41) is 0. The van der Waals surface area contributed by atoms with Crippen molar-refractivity contribution in [3.63, 3.8) is 0 Å². The molecule has 1 aromatic rings. The van der Waals surface area contributed by atoms with Crippen LogP contribution in [0.5, 0.6) is 0 Å². The quantitative estimate of drug-likeness (QED) is 0.650. The molecule has 0 fully saturated rings. The molecule has 0 radical (unpaired) electrons. The molecule has 1 aliphatic heterocycles. The summed E-state index contributed by atoms with van der Waals surface area (Å²) in [6, 6.07) is 4.27. The van der Waals surface area contributed by atoms with Gasteiger partial charge in [0.15, 0.2) is 0 Å². The van der Waals surface area contributed by atoms with Gasteiger partial charge in [0.05, 0.1) is 5.69 Å². The monoisotopic (exact) mass is 176 g/mol. The average molecular weight is 176 g/mol. The molecule has 0 bridgehead atoms. The van der Waals surface area contributed by atoms with Gasteiger partial charge in [-0.2, -0.15) is 0 Å². The van der Waals surface area contributed by atoms with E-state index in [-0.39, 0.29) is 0 Å². The van der Waals surface area contributed by atoms with Crippen molar-refractivity contribution >= 4 is 0 Å². The van der Waals surface area contributed by atoms with Crippen molar-refractivity contribution in [2.45, 2.75) is 25.8 Å². The highest BCUT2D eigenvalue weighted by molar-refractivity contribution is 5.26. The third-order valence-electron chi connectivity index (χ3n) is 2.81. The highest BCUT2D eigenvalue weighted by atomic mass is 15.1. The first kappa shape index (κ1) is 8.70. The lowest BCUT2D eigenvalue weighted by Gasteiger charge is -2.30. The number of nitrogens with zero attached hydrogens (tertiary/aromatic N) is 2. The van der Waals surface area contributed by atoms with E-state index in [0.717, 1.165) is 6.54 Å². The van der Waals surface area contributed by atoms with E-state index in [1.165, 1.54) is 24.2 Å². The van der Waals surface area contributed by atoms with E-state index >= 15 is 0 Å². The van der Waals surface area contributed by atoms with Crippen molar-refractivity contribution in [1.29, 1.82) is 0 Å². The maximum atomic E-state index is 4.43. The Hall–Kier alpha value is -0.890. The molecule has 0 N–H and O–H groups in total. The van der Waals surface area contributed by atoms with E-state index in [0.29, 0.717) is 5.92 Å². The van der Waals surface area contributed by atoms with E-state index in [1.54, 1.807) is 0 Å². The summed E-state index contributed by atoms with van der Waals surface area (Å²) < 4.78 is 0. The molecule has 0 spiro atoms. The Morgan fingerprint density at radius 3 is 3.23 bits per heavy atom. The van der Waals surface area contributed by atoms with Gasteiger partial charge < -0.3 is 0 Å². The van der Waals surface area contributed by atoms with Crippen LogP contribution in [-0.4, -0.2) is 23.5 Å². The highest BCUT2D eigenvalue weighted by Crippen LogP contribution is 2.27. The van der Waals surface area contributed by atoms with Crippen molar-refractivity contribution in [2.24, 2.45) is 0 Å². The fourth-order valence-corrected chi connectivity index (χ4v) is 2.10. The lowest BCUT2D eigenvalue weighted by Crippen LogP contribution is -2.30. The van der Waals surface area contributed by atoms with Crippen molar-refractivity contribution in [2.75, 3.05) is 13.6 Å². The van der Waals surface area contributed by atoms with Crippen LogP contribution in [0.15, 0.2) is 18.3 Å². The van der Waals surface area contributed by atoms with Gasteiger partial charge in [-0.25, -0.2) is 0 Å². The van der Waals surface area contributed by atoms with Crippen molar-refractivity contribution < 1.29 is 0 Å². The van der Waals surface area contributed by atoms with Crippen LogP contribution in [-0.2, 0) is 6.54 Å². The molecule has 70 valence electrons. The number of rotatable bonds is 1. The second-order valence-corrected chi connectivity index (χ2v) is 3.84. The minimum absolute atomic E-state index is 0.683. The predicted octanol–water partition coefficient (Wildman–Crippen LogP) is 2.02. The second-order valence-electron chi connectivity index (χ2n) is 3.84. The largest absolute Gasteiger partial charge is 0.300 e. The molecule has 0 aromatic carbocycles. The Balaban J connectivity index is 2.37. The number of fused-ring (bicyclic) bond motifs is 1. The minimum atomic E-state index is 0.683. The molecule has 0 saturated heterocycles. The minimum Gasteiger partial charge on any atom is -0.300 e. The Kier molecular flexibility index (Phi) is 2.32. The van der Waals surface area contributed by atoms with Crippen LogP contribution in [0, 0.1) is 0 Å². The Morgan fingerprint density at radius 1 is 1.62 bits per heavy atom. The molecule has 0 amide bonds. The highest BCUT2D eigenvalue weighted by Gasteiger charge is 2.21. The number of likely N-dealkylation sites (N-methyl/N-ethyl adjacent to an activating group) is 1. The van der Waals surface area contributed by atoms with Crippen LogP contribution in [0.25, 0.3) is 0 Å². The SMILES string of the molecule is CCC1CN(C)Cc2ncccc21. The Morgan fingerprint density at radius 2 is 2.46 bits per heavy atom. The second kappa shape index (κ2) is 3.46. The molecular weight excluding hydrogens is 160 g/mol. The zero-order valence-electron chi connectivity index (χ0n) is 8.33. The summed E-state index contributed by atoms with van der Waals surface area (Å²) >= 11 is 0.